The van der Waals surface area contributed by atoms with Crippen LogP contribution >= 0.6 is 23.2 Å². The second-order valence-electron chi connectivity index (χ2n) is 18.5. The lowest BCUT2D eigenvalue weighted by Gasteiger charge is -2.15. The second-order valence-corrected chi connectivity index (χ2v) is 19.4. The van der Waals surface area contributed by atoms with E-state index in [1.165, 1.54) is 82.1 Å². The van der Waals surface area contributed by atoms with Gasteiger partial charge in [-0.3, -0.25) is 37.7 Å². The molecule has 0 fully saturated rings. The summed E-state index contributed by atoms with van der Waals surface area (Å²) >= 11 is 10.8. The number of aromatic nitrogens is 3. The number of para-hydroxylation sites is 2. The van der Waals surface area contributed by atoms with Crippen LogP contribution in [0.1, 0.15) is 21.3 Å². The molecule has 0 aliphatic heterocycles. The number of carbonyl (C=O) groups is 2. The second kappa shape index (κ2) is 29.5. The van der Waals surface area contributed by atoms with Gasteiger partial charge in [0.25, 0.3) is 16.7 Å². The lowest BCUT2D eigenvalue weighted by molar-refractivity contribution is -0.114. The lowest BCUT2D eigenvalue weighted by Crippen LogP contribution is -2.18. The molecule has 3 aromatic heterocycles. The van der Waals surface area contributed by atoms with Crippen molar-refractivity contribution in [2.24, 2.45) is 0 Å². The molecule has 0 spiro atoms. The summed E-state index contributed by atoms with van der Waals surface area (Å²) < 4.78 is 56.3. The molecule has 0 saturated carbocycles. The van der Waals surface area contributed by atoms with Crippen molar-refractivity contribution in [3.8, 4) is 73.4 Å². The van der Waals surface area contributed by atoms with Crippen molar-refractivity contribution in [2.45, 2.75) is 21.3 Å². The molecule has 0 bridgehead atoms. The van der Waals surface area contributed by atoms with Crippen LogP contribution in [0, 0.1) is 17.5 Å². The summed E-state index contributed by atoms with van der Waals surface area (Å²) in [4.78, 5) is 58.5. The van der Waals surface area contributed by atoms with Gasteiger partial charge in [-0.25, -0.2) is 13.2 Å². The van der Waals surface area contributed by atoms with E-state index < -0.39 is 0 Å². The number of hydrogen-bond donors (Lipinski definition) is 3. The quantitative estimate of drug-likeness (QED) is 0.0838. The standard InChI is InChI=1S/C25H19FN2O3.C23H17FN2O2.C17H12ClFN2O.C2H3ClO.CH4/c1-17(29)27-20-6-5-7-21(14-20)28-16-23(18-10-12-19(26)13-11-18)24(15-25(28)30)31-22-8-3-2-4-9-22;24-17-11-9-16(10-12-17)21-15-26(19-6-4-5-18(25)13-19)23(27)14-22(21)28-20-7-2-1-3-8-20;18-16-9-17(22)21(14-3-1-2-13(20)8-14)10-15(16)11-4-6-12(19)7-5-11;1-2(3)4;/h2-16H,1H3,(H,27,29);1-15H,25H2;1-10H,20H2;1H3;1H4. The average Bonchev–Trinajstić information content (AvgIpc) is 1.26. The van der Waals surface area contributed by atoms with E-state index in [1.807, 2.05) is 36.4 Å². The Morgan fingerprint density at radius 1 is 0.442 bits per heavy atom. The molecule has 0 radical (unpaired) electrons. The highest BCUT2D eigenvalue weighted by atomic mass is 35.5. The van der Waals surface area contributed by atoms with Crippen LogP contribution in [0.3, 0.4) is 0 Å². The van der Waals surface area contributed by atoms with E-state index in [0.717, 1.165) is 11.1 Å². The number of benzene rings is 8. The van der Waals surface area contributed by atoms with Gasteiger partial charge in [-0.15, -0.1) is 0 Å². The van der Waals surface area contributed by atoms with Crippen LogP contribution < -0.4 is 42.9 Å². The Labute approximate surface area is 503 Å². The first-order valence-corrected chi connectivity index (χ1v) is 26.6. The molecule has 13 nitrogen and oxygen atoms in total. The number of halogens is 5. The molecule has 0 saturated heterocycles. The summed E-state index contributed by atoms with van der Waals surface area (Å²) in [5, 5.41) is 2.67. The third kappa shape index (κ3) is 17.2. The van der Waals surface area contributed by atoms with Gasteiger partial charge in [0.15, 0.2) is 0 Å². The molecule has 0 unspecified atom stereocenters. The Bertz CT molecular complexity index is 4320. The van der Waals surface area contributed by atoms with E-state index in [0.29, 0.717) is 84.4 Å². The smallest absolute Gasteiger partial charge is 0.258 e. The number of nitrogens with two attached hydrogens (primary N) is 2. The minimum atomic E-state index is -0.361. The van der Waals surface area contributed by atoms with Gasteiger partial charge in [0.05, 0.1) is 22.1 Å². The number of hydrogen-bond acceptors (Lipinski definition) is 9. The van der Waals surface area contributed by atoms with Gasteiger partial charge in [0.1, 0.15) is 40.4 Å². The summed E-state index contributed by atoms with van der Waals surface area (Å²) in [6.45, 7) is 2.71. The predicted molar refractivity (Wildman–Crippen MR) is 337 cm³/mol. The Hall–Kier alpha value is -10.7. The van der Waals surface area contributed by atoms with Gasteiger partial charge >= 0.3 is 0 Å². The molecule has 86 heavy (non-hydrogen) atoms. The number of ether oxygens (including phenoxy) is 2. The van der Waals surface area contributed by atoms with Crippen LogP contribution in [0.5, 0.6) is 23.0 Å². The zero-order valence-corrected chi connectivity index (χ0v) is 46.8. The molecule has 18 heteroatoms. The first-order chi connectivity index (χ1) is 40.9. The van der Waals surface area contributed by atoms with Crippen molar-refractivity contribution < 1.29 is 32.2 Å². The Balaban J connectivity index is 0.000000180. The van der Waals surface area contributed by atoms with Crippen molar-refractivity contribution in [1.29, 1.82) is 0 Å². The summed E-state index contributed by atoms with van der Waals surface area (Å²) in [7, 11) is 0. The topological polar surface area (TPSA) is 183 Å². The number of anilines is 3. The lowest BCUT2D eigenvalue weighted by atomic mass is 10.1. The Morgan fingerprint density at radius 2 is 0.779 bits per heavy atom. The van der Waals surface area contributed by atoms with Gasteiger partial charge in [-0.05, 0) is 144 Å². The van der Waals surface area contributed by atoms with Crippen LogP contribution in [0.4, 0.5) is 30.2 Å². The zero-order valence-electron chi connectivity index (χ0n) is 45.3. The van der Waals surface area contributed by atoms with Crippen LogP contribution in [0.15, 0.2) is 257 Å². The largest absolute Gasteiger partial charge is 0.456 e. The number of nitrogens with zero attached hydrogens (tertiary/aromatic N) is 3. The van der Waals surface area contributed by atoms with Crippen molar-refractivity contribution in [3.63, 3.8) is 0 Å². The molecule has 11 rings (SSSR count). The van der Waals surface area contributed by atoms with E-state index >= 15 is 0 Å². The summed E-state index contributed by atoms with van der Waals surface area (Å²) in [6.07, 6.45) is 4.97. The SMILES string of the molecule is C.CC(=O)Cl.CC(=O)Nc1cccc(-n2cc(-c3ccc(F)cc3)c(Oc3ccccc3)cc2=O)c1.Nc1cccc(-n2cc(-c3ccc(F)cc3)c(Cl)cc2=O)c1.Nc1cccc(-n2cc(-c3ccc(F)cc3)c(Oc3ccccc3)cc2=O)c1. The summed E-state index contributed by atoms with van der Waals surface area (Å²) in [5.74, 6) is 0.707. The molecular weight excluding hydrogens is 1140 g/mol. The van der Waals surface area contributed by atoms with Gasteiger partial charge in [0.2, 0.25) is 11.1 Å². The van der Waals surface area contributed by atoms with Crippen LogP contribution in [-0.4, -0.2) is 24.9 Å². The van der Waals surface area contributed by atoms with E-state index in [2.05, 4.69) is 16.9 Å². The normalized spacial score (nSPS) is 10.3. The zero-order chi connectivity index (χ0) is 60.6. The predicted octanol–water partition coefficient (Wildman–Crippen LogP) is 15.7. The van der Waals surface area contributed by atoms with Crippen LogP contribution in [0.2, 0.25) is 5.02 Å². The average molecular weight is 1200 g/mol. The van der Waals surface area contributed by atoms with Gasteiger partial charge < -0.3 is 26.3 Å². The Kier molecular flexibility index (Phi) is 21.6. The highest BCUT2D eigenvalue weighted by Gasteiger charge is 2.16. The maximum absolute atomic E-state index is 13.5. The van der Waals surface area contributed by atoms with Gasteiger partial charge in [0, 0.05) is 84.4 Å². The number of carbonyl (C=O) groups excluding carboxylic acids is 2. The number of amides is 1. The van der Waals surface area contributed by atoms with Gasteiger partial charge in [-0.2, -0.15) is 0 Å². The number of rotatable bonds is 11. The van der Waals surface area contributed by atoms with Crippen molar-refractivity contribution in [2.75, 3.05) is 16.8 Å². The molecule has 434 valence electrons. The molecule has 11 aromatic rings. The number of pyridine rings is 3. The molecule has 1 amide bonds. The highest BCUT2D eigenvalue weighted by Crippen LogP contribution is 2.35. The minimum absolute atomic E-state index is 0. The third-order valence-electron chi connectivity index (χ3n) is 12.2. The summed E-state index contributed by atoms with van der Waals surface area (Å²) in [5.41, 5.74) is 18.4. The van der Waals surface area contributed by atoms with E-state index in [1.54, 1.807) is 152 Å². The molecule has 0 aliphatic rings. The number of nitrogen functional groups attached to an aromatic ring is 2. The maximum atomic E-state index is 13.5. The van der Waals surface area contributed by atoms with Crippen LogP contribution in [-0.2, 0) is 9.59 Å². The fraction of sp³-hybridized carbons (Fsp3) is 0.0441. The first kappa shape index (κ1) is 62.9. The van der Waals surface area contributed by atoms with E-state index in [9.17, 15) is 37.1 Å². The fourth-order valence-corrected chi connectivity index (χ4v) is 8.62. The van der Waals surface area contributed by atoms with Crippen molar-refractivity contribution in [1.82, 2.24) is 13.7 Å². The Morgan fingerprint density at radius 3 is 1.15 bits per heavy atom. The van der Waals surface area contributed by atoms with Crippen LogP contribution in [0.25, 0.3) is 50.4 Å². The molecular formula is C68H55Cl2F3N6O7. The van der Waals surface area contributed by atoms with Crippen molar-refractivity contribution in [3.05, 3.63) is 297 Å². The van der Waals surface area contributed by atoms with E-state index in [4.69, 9.17) is 32.5 Å². The molecule has 0 atom stereocenters. The molecule has 3 heterocycles. The molecule has 0 aliphatic carbocycles. The maximum Gasteiger partial charge on any atom is 0.258 e. The van der Waals surface area contributed by atoms with Crippen molar-refractivity contribution >= 4 is 51.4 Å². The number of nitrogens with one attached hydrogen (secondary N) is 1. The third-order valence-corrected chi connectivity index (χ3v) is 12.5. The van der Waals surface area contributed by atoms with Gasteiger partial charge in [-0.1, -0.05) is 110 Å². The minimum Gasteiger partial charge on any atom is -0.456 e. The summed E-state index contributed by atoms with van der Waals surface area (Å²) in [6, 6.07) is 61.4. The molecule has 8 aromatic carbocycles. The van der Waals surface area contributed by atoms with E-state index in [-0.39, 0.29) is 52.7 Å². The fourth-order valence-electron chi connectivity index (χ4n) is 8.37. The highest BCUT2D eigenvalue weighted by molar-refractivity contribution is 6.62. The molecule has 5 N–H and O–H groups in total. The first-order valence-electron chi connectivity index (χ1n) is 25.8. The monoisotopic (exact) mass is 1190 g/mol.